The summed E-state index contributed by atoms with van der Waals surface area (Å²) >= 11 is 0. The number of nitrogens with zero attached hydrogens (tertiary/aromatic N) is 3. The van der Waals surface area contributed by atoms with Crippen LogP contribution in [0.4, 0.5) is 0 Å². The van der Waals surface area contributed by atoms with Crippen molar-refractivity contribution in [1.29, 1.82) is 10.5 Å². The van der Waals surface area contributed by atoms with Crippen molar-refractivity contribution in [1.82, 2.24) is 4.98 Å². The molecule has 0 amide bonds. The SMILES string of the molecule is Cc1c(Oc2nc(OC3CCOCC3)c(C#N)cc2C#N)ccc2c1COB2O. The van der Waals surface area contributed by atoms with E-state index in [-0.39, 0.29) is 35.6 Å². The van der Waals surface area contributed by atoms with Crippen molar-refractivity contribution in [2.45, 2.75) is 32.5 Å². The summed E-state index contributed by atoms with van der Waals surface area (Å²) < 4.78 is 22.4. The van der Waals surface area contributed by atoms with E-state index >= 15 is 0 Å². The molecular formula is C20H18BN3O5. The lowest BCUT2D eigenvalue weighted by Gasteiger charge is -2.23. The van der Waals surface area contributed by atoms with E-state index in [1.165, 1.54) is 6.07 Å². The fraction of sp³-hybridized carbons (Fsp3) is 0.350. The Bertz CT molecular complexity index is 1020. The molecule has 0 atom stereocenters. The van der Waals surface area contributed by atoms with Gasteiger partial charge in [-0.2, -0.15) is 15.5 Å². The molecule has 3 heterocycles. The minimum absolute atomic E-state index is 0.0658. The highest BCUT2D eigenvalue weighted by molar-refractivity contribution is 6.61. The van der Waals surface area contributed by atoms with Crippen LogP contribution in [0.2, 0.25) is 0 Å². The van der Waals surface area contributed by atoms with Gasteiger partial charge >= 0.3 is 7.12 Å². The van der Waals surface area contributed by atoms with E-state index in [0.29, 0.717) is 37.3 Å². The van der Waals surface area contributed by atoms with Crippen molar-refractivity contribution in [3.05, 3.63) is 40.5 Å². The van der Waals surface area contributed by atoms with Crippen LogP contribution in [0.25, 0.3) is 0 Å². The molecule has 0 saturated carbocycles. The van der Waals surface area contributed by atoms with Gasteiger partial charge in [0, 0.05) is 12.8 Å². The summed E-state index contributed by atoms with van der Waals surface area (Å²) in [5.74, 6) is 0.703. The molecule has 1 aromatic heterocycles. The van der Waals surface area contributed by atoms with Crippen molar-refractivity contribution in [3.63, 3.8) is 0 Å². The van der Waals surface area contributed by atoms with Gasteiger partial charge < -0.3 is 23.9 Å². The second-order valence-electron chi connectivity index (χ2n) is 6.87. The van der Waals surface area contributed by atoms with Crippen molar-refractivity contribution in [3.8, 4) is 29.6 Å². The fourth-order valence-electron chi connectivity index (χ4n) is 3.41. The lowest BCUT2D eigenvalue weighted by molar-refractivity contribution is 0.0234. The summed E-state index contributed by atoms with van der Waals surface area (Å²) in [7, 11) is -0.945. The smallest absolute Gasteiger partial charge is 0.473 e. The van der Waals surface area contributed by atoms with E-state index in [1.54, 1.807) is 12.1 Å². The van der Waals surface area contributed by atoms with E-state index in [0.717, 1.165) is 11.1 Å². The molecule has 1 saturated heterocycles. The normalized spacial score (nSPS) is 16.1. The molecule has 146 valence electrons. The van der Waals surface area contributed by atoms with Crippen molar-refractivity contribution in [2.24, 2.45) is 0 Å². The Kier molecular flexibility index (Phi) is 5.37. The Labute approximate surface area is 168 Å². The largest absolute Gasteiger partial charge is 0.491 e. The quantitative estimate of drug-likeness (QED) is 0.783. The fourth-order valence-corrected chi connectivity index (χ4v) is 3.41. The van der Waals surface area contributed by atoms with Gasteiger partial charge in [-0.1, -0.05) is 6.07 Å². The topological polar surface area (TPSA) is 118 Å². The Hall–Kier alpha value is -3.11. The molecule has 0 radical (unpaired) electrons. The maximum Gasteiger partial charge on any atom is 0.491 e. The second-order valence-corrected chi connectivity index (χ2v) is 6.87. The molecule has 2 aliphatic rings. The van der Waals surface area contributed by atoms with Crippen LogP contribution in [0.15, 0.2) is 18.2 Å². The first-order valence-electron chi connectivity index (χ1n) is 9.30. The minimum Gasteiger partial charge on any atom is -0.473 e. The molecule has 4 rings (SSSR count). The number of benzene rings is 1. The lowest BCUT2D eigenvalue weighted by atomic mass is 9.78. The standard InChI is InChI=1S/C20H18BN3O5/c1-12-16-11-27-21(25)17(16)2-3-18(12)29-20-14(10-23)8-13(9-22)19(24-20)28-15-4-6-26-7-5-15/h2-3,8,15,25H,4-7,11H2,1H3. The average Bonchev–Trinajstić information content (AvgIpc) is 3.12. The van der Waals surface area contributed by atoms with Crippen LogP contribution < -0.4 is 14.9 Å². The van der Waals surface area contributed by atoms with Crippen LogP contribution in [0.3, 0.4) is 0 Å². The van der Waals surface area contributed by atoms with Gasteiger partial charge in [0.05, 0.1) is 19.8 Å². The molecule has 0 bridgehead atoms. The number of aromatic nitrogens is 1. The van der Waals surface area contributed by atoms with Crippen LogP contribution >= 0.6 is 0 Å². The van der Waals surface area contributed by atoms with Gasteiger partial charge in [0.1, 0.15) is 35.1 Å². The van der Waals surface area contributed by atoms with E-state index < -0.39 is 7.12 Å². The van der Waals surface area contributed by atoms with Crippen molar-refractivity contribution >= 4 is 12.6 Å². The molecule has 9 heteroatoms. The third kappa shape index (κ3) is 3.76. The van der Waals surface area contributed by atoms with Gasteiger partial charge in [-0.25, -0.2) is 0 Å². The van der Waals surface area contributed by atoms with Crippen molar-refractivity contribution < 1.29 is 23.9 Å². The second kappa shape index (κ2) is 8.10. The zero-order chi connectivity index (χ0) is 20.4. The van der Waals surface area contributed by atoms with E-state index in [2.05, 4.69) is 4.98 Å². The average molecular weight is 391 g/mol. The van der Waals surface area contributed by atoms with E-state index in [4.69, 9.17) is 18.9 Å². The maximum absolute atomic E-state index is 9.84. The predicted molar refractivity (Wildman–Crippen MR) is 102 cm³/mol. The van der Waals surface area contributed by atoms with Crippen LogP contribution in [0.5, 0.6) is 17.5 Å². The van der Waals surface area contributed by atoms with Gasteiger partial charge in [0.15, 0.2) is 0 Å². The minimum atomic E-state index is -0.945. The van der Waals surface area contributed by atoms with Crippen LogP contribution in [-0.4, -0.2) is 36.4 Å². The first-order valence-corrected chi connectivity index (χ1v) is 9.30. The van der Waals surface area contributed by atoms with E-state index in [1.807, 2.05) is 19.1 Å². The molecule has 0 aliphatic carbocycles. The maximum atomic E-state index is 9.84. The summed E-state index contributed by atoms with van der Waals surface area (Å²) in [4.78, 5) is 4.34. The van der Waals surface area contributed by atoms with Crippen LogP contribution in [0.1, 0.15) is 35.1 Å². The highest BCUT2D eigenvalue weighted by Crippen LogP contribution is 2.32. The van der Waals surface area contributed by atoms with E-state index in [9.17, 15) is 15.5 Å². The molecule has 2 aliphatic heterocycles. The first-order chi connectivity index (χ1) is 14.1. The number of rotatable bonds is 4. The zero-order valence-corrected chi connectivity index (χ0v) is 15.8. The molecule has 1 N–H and O–H groups in total. The number of ether oxygens (including phenoxy) is 3. The molecule has 2 aromatic rings. The molecule has 0 spiro atoms. The van der Waals surface area contributed by atoms with Gasteiger partial charge in [-0.05, 0) is 35.6 Å². The molecule has 1 aromatic carbocycles. The Morgan fingerprint density at radius 2 is 1.90 bits per heavy atom. The lowest BCUT2D eigenvalue weighted by Crippen LogP contribution is -2.28. The Morgan fingerprint density at radius 3 is 2.62 bits per heavy atom. The molecule has 1 fully saturated rings. The van der Waals surface area contributed by atoms with Crippen LogP contribution in [-0.2, 0) is 16.0 Å². The van der Waals surface area contributed by atoms with Gasteiger partial charge in [0.25, 0.3) is 0 Å². The summed E-state index contributed by atoms with van der Waals surface area (Å²) in [6, 6.07) is 8.90. The Balaban J connectivity index is 1.67. The third-order valence-corrected chi connectivity index (χ3v) is 5.08. The third-order valence-electron chi connectivity index (χ3n) is 5.08. The number of hydrogen-bond acceptors (Lipinski definition) is 8. The Morgan fingerprint density at radius 1 is 1.17 bits per heavy atom. The summed E-state index contributed by atoms with van der Waals surface area (Å²) in [6.07, 6.45) is 1.30. The molecular weight excluding hydrogens is 373 g/mol. The molecule has 0 unspecified atom stereocenters. The zero-order valence-electron chi connectivity index (χ0n) is 15.8. The summed E-state index contributed by atoms with van der Waals surface area (Å²) in [6.45, 7) is 3.32. The highest BCUT2D eigenvalue weighted by atomic mass is 16.5. The first kappa shape index (κ1) is 19.2. The van der Waals surface area contributed by atoms with Gasteiger partial charge in [0.2, 0.25) is 11.8 Å². The molecule has 8 nitrogen and oxygen atoms in total. The number of hydrogen-bond donors (Lipinski definition) is 1. The van der Waals surface area contributed by atoms with Crippen molar-refractivity contribution in [2.75, 3.05) is 13.2 Å². The summed E-state index contributed by atoms with van der Waals surface area (Å²) in [5, 5.41) is 28.8. The number of fused-ring (bicyclic) bond motifs is 1. The summed E-state index contributed by atoms with van der Waals surface area (Å²) in [5.41, 5.74) is 2.66. The van der Waals surface area contributed by atoms with Gasteiger partial charge in [-0.3, -0.25) is 0 Å². The van der Waals surface area contributed by atoms with Crippen LogP contribution in [0, 0.1) is 29.6 Å². The highest BCUT2D eigenvalue weighted by Gasteiger charge is 2.30. The monoisotopic (exact) mass is 391 g/mol. The number of nitriles is 2. The number of pyridine rings is 1. The predicted octanol–water partition coefficient (Wildman–Crippen LogP) is 1.70. The van der Waals surface area contributed by atoms with Gasteiger partial charge in [-0.15, -0.1) is 0 Å². The molecule has 29 heavy (non-hydrogen) atoms.